The number of nitrogens with zero attached hydrogens (tertiary/aromatic N) is 2. The molecule has 1 unspecified atom stereocenters. The number of rotatable bonds is 5. The van der Waals surface area contributed by atoms with Gasteiger partial charge in [0.15, 0.2) is 0 Å². The third-order valence-electron chi connectivity index (χ3n) is 2.73. The zero-order valence-electron chi connectivity index (χ0n) is 10.8. The lowest BCUT2D eigenvalue weighted by molar-refractivity contribution is 0.367. The minimum absolute atomic E-state index is 0.261. The lowest BCUT2D eigenvalue weighted by Gasteiger charge is -2.25. The number of nitriles is 1. The fourth-order valence-corrected chi connectivity index (χ4v) is 1.98. The summed E-state index contributed by atoms with van der Waals surface area (Å²) in [6, 6.07) is 6.27. The highest BCUT2D eigenvalue weighted by Gasteiger charge is 2.28. The molecule has 18 heavy (non-hydrogen) atoms. The van der Waals surface area contributed by atoms with Gasteiger partial charge in [-0.2, -0.15) is 5.26 Å². The molecule has 98 valence electrons. The first kappa shape index (κ1) is 14.9. The number of hydrogen-bond acceptors (Lipinski definition) is 3. The first-order valence-electron chi connectivity index (χ1n) is 5.65. The van der Waals surface area contributed by atoms with E-state index in [0.717, 1.165) is 6.54 Å². The Labute approximate surface area is 112 Å². The summed E-state index contributed by atoms with van der Waals surface area (Å²) in [4.78, 5) is 2.01. The number of halogens is 2. The second-order valence-corrected chi connectivity index (χ2v) is 5.00. The van der Waals surface area contributed by atoms with Crippen LogP contribution in [0.5, 0.6) is 0 Å². The van der Waals surface area contributed by atoms with E-state index in [-0.39, 0.29) is 5.02 Å². The minimum atomic E-state index is -0.916. The molecular formula is C13H17ClFN3. The summed E-state index contributed by atoms with van der Waals surface area (Å²) in [5.41, 5.74) is -0.326. The zero-order chi connectivity index (χ0) is 13.8. The van der Waals surface area contributed by atoms with E-state index in [1.54, 1.807) is 13.0 Å². The van der Waals surface area contributed by atoms with Gasteiger partial charge < -0.3 is 4.90 Å². The summed E-state index contributed by atoms with van der Waals surface area (Å²) in [5.74, 6) is -0.405. The van der Waals surface area contributed by atoms with Gasteiger partial charge in [0.05, 0.1) is 6.07 Å². The first-order valence-corrected chi connectivity index (χ1v) is 6.03. The van der Waals surface area contributed by atoms with Gasteiger partial charge in [-0.05, 0) is 33.2 Å². The number of nitrogens with one attached hydrogen (secondary N) is 1. The predicted molar refractivity (Wildman–Crippen MR) is 70.9 cm³/mol. The maximum atomic E-state index is 13.0. The summed E-state index contributed by atoms with van der Waals surface area (Å²) in [5, 5.41) is 12.7. The summed E-state index contributed by atoms with van der Waals surface area (Å²) in [6.45, 7) is 3.18. The van der Waals surface area contributed by atoms with Crippen molar-refractivity contribution in [3.63, 3.8) is 0 Å². The van der Waals surface area contributed by atoms with E-state index in [4.69, 9.17) is 11.6 Å². The van der Waals surface area contributed by atoms with E-state index in [2.05, 4.69) is 11.4 Å². The molecule has 0 saturated carbocycles. The molecule has 5 heteroatoms. The molecule has 0 amide bonds. The standard InChI is InChI=1S/C13H17ClFN3/c1-13(9-16,17-6-7-18(2)3)11-5-4-10(15)8-12(11)14/h4-5,8,17H,6-7H2,1-3H3. The van der Waals surface area contributed by atoms with Crippen LogP contribution in [-0.2, 0) is 5.54 Å². The molecule has 1 rings (SSSR count). The third kappa shape index (κ3) is 3.67. The summed E-state index contributed by atoms with van der Waals surface area (Å²) < 4.78 is 13.0. The van der Waals surface area contributed by atoms with Crippen LogP contribution in [0.2, 0.25) is 5.02 Å². The Kier molecular flexibility index (Phi) is 5.09. The zero-order valence-corrected chi connectivity index (χ0v) is 11.6. The highest BCUT2D eigenvalue weighted by Crippen LogP contribution is 2.28. The Bertz CT molecular complexity index is 456. The molecule has 1 N–H and O–H groups in total. The molecule has 0 fully saturated rings. The van der Waals surface area contributed by atoms with Crippen molar-refractivity contribution < 1.29 is 4.39 Å². The van der Waals surface area contributed by atoms with Crippen molar-refractivity contribution in [1.29, 1.82) is 5.26 Å². The predicted octanol–water partition coefficient (Wildman–Crippen LogP) is 2.37. The van der Waals surface area contributed by atoms with Crippen LogP contribution in [0.1, 0.15) is 12.5 Å². The van der Waals surface area contributed by atoms with Gasteiger partial charge in [0.2, 0.25) is 0 Å². The average molecular weight is 270 g/mol. The van der Waals surface area contributed by atoms with Crippen molar-refractivity contribution in [2.24, 2.45) is 0 Å². The topological polar surface area (TPSA) is 39.1 Å². The molecule has 0 aromatic heterocycles. The van der Waals surface area contributed by atoms with E-state index in [1.165, 1.54) is 12.1 Å². The van der Waals surface area contributed by atoms with Crippen LogP contribution in [0, 0.1) is 17.1 Å². The normalized spacial score (nSPS) is 14.3. The van der Waals surface area contributed by atoms with Crippen LogP contribution in [0.4, 0.5) is 4.39 Å². The lowest BCUT2D eigenvalue weighted by atomic mass is 9.93. The van der Waals surface area contributed by atoms with Crippen LogP contribution in [0.15, 0.2) is 18.2 Å². The maximum Gasteiger partial charge on any atom is 0.130 e. The van der Waals surface area contributed by atoms with Crippen LogP contribution >= 0.6 is 11.6 Å². The fourth-order valence-electron chi connectivity index (χ4n) is 1.62. The molecule has 0 saturated heterocycles. The SMILES string of the molecule is CN(C)CCNC(C)(C#N)c1ccc(F)cc1Cl. The quantitative estimate of drug-likeness (QED) is 0.892. The smallest absolute Gasteiger partial charge is 0.130 e. The Morgan fingerprint density at radius 2 is 2.17 bits per heavy atom. The van der Waals surface area contributed by atoms with Crippen LogP contribution in [0.3, 0.4) is 0 Å². The van der Waals surface area contributed by atoms with Gasteiger partial charge in [-0.15, -0.1) is 0 Å². The monoisotopic (exact) mass is 269 g/mol. The summed E-state index contributed by atoms with van der Waals surface area (Å²) >= 11 is 5.99. The maximum absolute atomic E-state index is 13.0. The van der Waals surface area contributed by atoms with Gasteiger partial charge in [-0.3, -0.25) is 5.32 Å². The molecule has 1 atom stereocenters. The van der Waals surface area contributed by atoms with Crippen molar-refractivity contribution in [3.05, 3.63) is 34.6 Å². The molecule has 3 nitrogen and oxygen atoms in total. The molecule has 0 aliphatic heterocycles. The Morgan fingerprint density at radius 3 is 2.67 bits per heavy atom. The molecule has 0 spiro atoms. The van der Waals surface area contributed by atoms with Crippen molar-refractivity contribution in [1.82, 2.24) is 10.2 Å². The van der Waals surface area contributed by atoms with E-state index < -0.39 is 11.4 Å². The molecule has 0 aliphatic carbocycles. The van der Waals surface area contributed by atoms with Gasteiger partial charge in [0, 0.05) is 23.7 Å². The van der Waals surface area contributed by atoms with E-state index in [9.17, 15) is 9.65 Å². The van der Waals surface area contributed by atoms with Crippen LogP contribution in [0.25, 0.3) is 0 Å². The van der Waals surface area contributed by atoms with Gasteiger partial charge >= 0.3 is 0 Å². The van der Waals surface area contributed by atoms with Gasteiger partial charge in [0.25, 0.3) is 0 Å². The third-order valence-corrected chi connectivity index (χ3v) is 3.04. The van der Waals surface area contributed by atoms with E-state index in [0.29, 0.717) is 12.1 Å². The first-order chi connectivity index (χ1) is 8.39. The van der Waals surface area contributed by atoms with Crippen LogP contribution in [-0.4, -0.2) is 32.1 Å². The Hall–Kier alpha value is -1.15. The van der Waals surface area contributed by atoms with Gasteiger partial charge in [-0.25, -0.2) is 4.39 Å². The molecular weight excluding hydrogens is 253 g/mol. The highest BCUT2D eigenvalue weighted by molar-refractivity contribution is 6.31. The highest BCUT2D eigenvalue weighted by atomic mass is 35.5. The molecule has 0 aliphatic rings. The Balaban J connectivity index is 2.90. The number of hydrogen-bond donors (Lipinski definition) is 1. The second kappa shape index (κ2) is 6.14. The second-order valence-electron chi connectivity index (χ2n) is 4.59. The lowest BCUT2D eigenvalue weighted by Crippen LogP contribution is -2.41. The fraction of sp³-hybridized carbons (Fsp3) is 0.462. The van der Waals surface area contributed by atoms with E-state index in [1.807, 2.05) is 19.0 Å². The minimum Gasteiger partial charge on any atom is -0.308 e. The molecule has 0 radical (unpaired) electrons. The number of likely N-dealkylation sites (N-methyl/N-ethyl adjacent to an activating group) is 1. The van der Waals surface area contributed by atoms with Crippen molar-refractivity contribution in [2.45, 2.75) is 12.5 Å². The van der Waals surface area contributed by atoms with Crippen molar-refractivity contribution in [2.75, 3.05) is 27.2 Å². The van der Waals surface area contributed by atoms with Crippen molar-refractivity contribution >= 4 is 11.6 Å². The molecule has 1 aromatic carbocycles. The number of benzene rings is 1. The summed E-state index contributed by atoms with van der Waals surface area (Å²) in [7, 11) is 3.91. The molecule has 1 aromatic rings. The van der Waals surface area contributed by atoms with Gasteiger partial charge in [-0.1, -0.05) is 17.7 Å². The van der Waals surface area contributed by atoms with E-state index >= 15 is 0 Å². The Morgan fingerprint density at radius 1 is 1.50 bits per heavy atom. The van der Waals surface area contributed by atoms with Crippen molar-refractivity contribution in [3.8, 4) is 6.07 Å². The summed E-state index contributed by atoms with van der Waals surface area (Å²) in [6.07, 6.45) is 0. The molecule has 0 bridgehead atoms. The average Bonchev–Trinajstić information content (AvgIpc) is 2.28. The molecule has 0 heterocycles. The largest absolute Gasteiger partial charge is 0.308 e. The van der Waals surface area contributed by atoms with Crippen LogP contribution < -0.4 is 5.32 Å². The van der Waals surface area contributed by atoms with Gasteiger partial charge in [0.1, 0.15) is 11.4 Å².